The van der Waals surface area contributed by atoms with E-state index in [2.05, 4.69) is 10.6 Å². The van der Waals surface area contributed by atoms with E-state index in [-0.39, 0.29) is 17.3 Å². The summed E-state index contributed by atoms with van der Waals surface area (Å²) in [4.78, 5) is 23.1. The van der Waals surface area contributed by atoms with Crippen molar-refractivity contribution in [2.24, 2.45) is 0 Å². The van der Waals surface area contributed by atoms with Gasteiger partial charge in [0.25, 0.3) is 11.6 Å². The number of ether oxygens (including phenoxy) is 1. The third-order valence-electron chi connectivity index (χ3n) is 3.93. The molecule has 0 saturated heterocycles. The average molecular weight is 343 g/mol. The minimum Gasteiger partial charge on any atom is -0.496 e. The molecule has 1 amide bonds. The van der Waals surface area contributed by atoms with Crippen LogP contribution >= 0.6 is 0 Å². The molecule has 1 unspecified atom stereocenters. The third kappa shape index (κ3) is 4.06. The second kappa shape index (κ2) is 7.65. The molecule has 25 heavy (non-hydrogen) atoms. The van der Waals surface area contributed by atoms with Crippen LogP contribution in [0, 0.1) is 17.0 Å². The second-order valence-corrected chi connectivity index (χ2v) is 5.68. The average Bonchev–Trinajstić information content (AvgIpc) is 2.60. The number of nitrogens with one attached hydrogen (secondary N) is 2. The molecule has 1 atom stereocenters. The third-order valence-corrected chi connectivity index (χ3v) is 3.93. The summed E-state index contributed by atoms with van der Waals surface area (Å²) in [6.07, 6.45) is 0. The van der Waals surface area contributed by atoms with Gasteiger partial charge in [-0.1, -0.05) is 17.7 Å². The SMILES string of the molecule is CNc1ccc([N+](=O)[O-])cc1C(=O)NC(C)c1cc(C)ccc1OC. The van der Waals surface area contributed by atoms with Crippen LogP contribution in [-0.2, 0) is 0 Å². The first kappa shape index (κ1) is 18.3. The van der Waals surface area contributed by atoms with E-state index < -0.39 is 10.8 Å². The van der Waals surface area contributed by atoms with Gasteiger partial charge in [0.2, 0.25) is 0 Å². The Morgan fingerprint density at radius 2 is 1.96 bits per heavy atom. The zero-order valence-corrected chi connectivity index (χ0v) is 14.6. The summed E-state index contributed by atoms with van der Waals surface area (Å²) in [5.41, 5.74) is 2.49. The lowest BCUT2D eigenvalue weighted by atomic mass is 10.0. The van der Waals surface area contributed by atoms with E-state index >= 15 is 0 Å². The van der Waals surface area contributed by atoms with Crippen LogP contribution in [0.1, 0.15) is 34.5 Å². The van der Waals surface area contributed by atoms with Crippen molar-refractivity contribution in [3.63, 3.8) is 0 Å². The van der Waals surface area contributed by atoms with Crippen LogP contribution in [0.15, 0.2) is 36.4 Å². The molecule has 0 spiro atoms. The fourth-order valence-electron chi connectivity index (χ4n) is 2.60. The van der Waals surface area contributed by atoms with Crippen LogP contribution in [0.2, 0.25) is 0 Å². The lowest BCUT2D eigenvalue weighted by Crippen LogP contribution is -2.27. The van der Waals surface area contributed by atoms with Gasteiger partial charge in [-0.2, -0.15) is 0 Å². The van der Waals surface area contributed by atoms with Crippen molar-refractivity contribution in [3.8, 4) is 5.75 Å². The molecule has 2 aromatic carbocycles. The topological polar surface area (TPSA) is 93.5 Å². The van der Waals surface area contributed by atoms with Gasteiger partial charge in [-0.05, 0) is 26.0 Å². The van der Waals surface area contributed by atoms with Crippen molar-refractivity contribution in [2.75, 3.05) is 19.5 Å². The molecule has 0 bridgehead atoms. The van der Waals surface area contributed by atoms with Gasteiger partial charge < -0.3 is 15.4 Å². The van der Waals surface area contributed by atoms with Gasteiger partial charge in [-0.3, -0.25) is 14.9 Å². The number of aryl methyl sites for hydroxylation is 1. The first-order chi connectivity index (χ1) is 11.9. The van der Waals surface area contributed by atoms with Gasteiger partial charge in [0, 0.05) is 30.4 Å². The number of carbonyl (C=O) groups is 1. The van der Waals surface area contributed by atoms with Crippen LogP contribution in [0.4, 0.5) is 11.4 Å². The number of hydrogen-bond donors (Lipinski definition) is 2. The van der Waals surface area contributed by atoms with Crippen molar-refractivity contribution < 1.29 is 14.5 Å². The lowest BCUT2D eigenvalue weighted by Gasteiger charge is -2.19. The van der Waals surface area contributed by atoms with Crippen LogP contribution < -0.4 is 15.4 Å². The van der Waals surface area contributed by atoms with E-state index in [4.69, 9.17) is 4.74 Å². The normalized spacial score (nSPS) is 11.5. The summed E-state index contributed by atoms with van der Waals surface area (Å²) >= 11 is 0. The second-order valence-electron chi connectivity index (χ2n) is 5.68. The Morgan fingerprint density at radius 1 is 1.24 bits per heavy atom. The van der Waals surface area contributed by atoms with Crippen LogP contribution in [-0.4, -0.2) is 25.0 Å². The first-order valence-electron chi connectivity index (χ1n) is 7.79. The molecule has 7 nitrogen and oxygen atoms in total. The molecule has 2 rings (SSSR count). The van der Waals surface area contributed by atoms with Gasteiger partial charge in [-0.15, -0.1) is 0 Å². The number of anilines is 1. The summed E-state index contributed by atoms with van der Waals surface area (Å²) in [7, 11) is 3.23. The summed E-state index contributed by atoms with van der Waals surface area (Å²) in [6, 6.07) is 9.53. The minimum atomic E-state index is -0.525. The number of nitro groups is 1. The van der Waals surface area contributed by atoms with E-state index in [0.29, 0.717) is 11.4 Å². The molecule has 0 aromatic heterocycles. The Bertz CT molecular complexity index is 805. The molecular weight excluding hydrogens is 322 g/mol. The van der Waals surface area contributed by atoms with E-state index in [1.165, 1.54) is 18.2 Å². The summed E-state index contributed by atoms with van der Waals surface area (Å²) in [5.74, 6) is 0.274. The number of carbonyl (C=O) groups excluding carboxylic acids is 1. The number of non-ortho nitro benzene ring substituents is 1. The number of benzene rings is 2. The van der Waals surface area contributed by atoms with E-state index in [0.717, 1.165) is 11.1 Å². The Hall–Kier alpha value is -3.09. The van der Waals surface area contributed by atoms with Gasteiger partial charge in [0.15, 0.2) is 0 Å². The van der Waals surface area contributed by atoms with Gasteiger partial charge in [-0.25, -0.2) is 0 Å². The zero-order chi connectivity index (χ0) is 18.6. The molecule has 0 fully saturated rings. The molecule has 0 saturated carbocycles. The smallest absolute Gasteiger partial charge is 0.270 e. The maximum Gasteiger partial charge on any atom is 0.270 e. The molecule has 2 N–H and O–H groups in total. The van der Waals surface area contributed by atoms with Crippen LogP contribution in [0.25, 0.3) is 0 Å². The molecule has 2 aromatic rings. The highest BCUT2D eigenvalue weighted by molar-refractivity contribution is 6.00. The predicted octanol–water partition coefficient (Wildman–Crippen LogP) is 3.44. The van der Waals surface area contributed by atoms with Crippen molar-refractivity contribution in [3.05, 3.63) is 63.2 Å². The van der Waals surface area contributed by atoms with Crippen molar-refractivity contribution in [2.45, 2.75) is 19.9 Å². The number of nitro benzene ring substituents is 1. The van der Waals surface area contributed by atoms with Crippen LogP contribution in [0.5, 0.6) is 5.75 Å². The van der Waals surface area contributed by atoms with Crippen molar-refractivity contribution in [1.82, 2.24) is 5.32 Å². The van der Waals surface area contributed by atoms with E-state index in [1.807, 2.05) is 32.0 Å². The largest absolute Gasteiger partial charge is 0.496 e. The molecule has 7 heteroatoms. The highest BCUT2D eigenvalue weighted by atomic mass is 16.6. The Morgan fingerprint density at radius 3 is 2.56 bits per heavy atom. The lowest BCUT2D eigenvalue weighted by molar-refractivity contribution is -0.384. The zero-order valence-electron chi connectivity index (χ0n) is 14.6. The Balaban J connectivity index is 2.32. The molecule has 0 radical (unpaired) electrons. The van der Waals surface area contributed by atoms with Gasteiger partial charge in [0.05, 0.1) is 23.6 Å². The minimum absolute atomic E-state index is 0.134. The van der Waals surface area contributed by atoms with Gasteiger partial charge in [0.1, 0.15) is 5.75 Å². The number of hydrogen-bond acceptors (Lipinski definition) is 5. The summed E-state index contributed by atoms with van der Waals surface area (Å²) in [5, 5.41) is 16.7. The maximum atomic E-state index is 12.7. The standard InChI is InChI=1S/C18H21N3O4/c1-11-5-8-17(25-4)14(9-11)12(2)20-18(22)15-10-13(21(23)24)6-7-16(15)19-3/h5-10,12,19H,1-4H3,(H,20,22). The first-order valence-corrected chi connectivity index (χ1v) is 7.79. The quantitative estimate of drug-likeness (QED) is 0.619. The van der Waals surface area contributed by atoms with E-state index in [9.17, 15) is 14.9 Å². The fourth-order valence-corrected chi connectivity index (χ4v) is 2.60. The number of rotatable bonds is 6. The predicted molar refractivity (Wildman–Crippen MR) is 96.3 cm³/mol. The monoisotopic (exact) mass is 343 g/mol. The van der Waals surface area contributed by atoms with Crippen molar-refractivity contribution in [1.29, 1.82) is 0 Å². The highest BCUT2D eigenvalue weighted by Gasteiger charge is 2.20. The Kier molecular flexibility index (Phi) is 5.59. The fraction of sp³-hybridized carbons (Fsp3) is 0.278. The number of amides is 1. The van der Waals surface area contributed by atoms with E-state index in [1.54, 1.807) is 14.2 Å². The molecule has 132 valence electrons. The summed E-state index contributed by atoms with van der Waals surface area (Å²) < 4.78 is 5.35. The number of methoxy groups -OCH3 is 1. The highest BCUT2D eigenvalue weighted by Crippen LogP contribution is 2.27. The molecule has 0 aliphatic heterocycles. The Labute approximate surface area is 146 Å². The molecule has 0 aliphatic carbocycles. The molecule has 0 heterocycles. The molecular formula is C18H21N3O4. The summed E-state index contributed by atoms with van der Waals surface area (Å²) in [6.45, 7) is 3.79. The van der Waals surface area contributed by atoms with Crippen molar-refractivity contribution >= 4 is 17.3 Å². The number of nitrogens with zero attached hydrogens (tertiary/aromatic N) is 1. The van der Waals surface area contributed by atoms with Gasteiger partial charge >= 0.3 is 0 Å². The maximum absolute atomic E-state index is 12.7. The van der Waals surface area contributed by atoms with Crippen LogP contribution in [0.3, 0.4) is 0 Å². The molecule has 0 aliphatic rings.